The molecule has 1 fully saturated rings. The molecule has 1 aliphatic carbocycles. The first-order valence-corrected chi connectivity index (χ1v) is 8.74. The van der Waals surface area contributed by atoms with E-state index < -0.39 is 0 Å². The number of anilines is 2. The molecule has 5 heteroatoms. The van der Waals surface area contributed by atoms with Crippen molar-refractivity contribution in [1.29, 1.82) is 0 Å². The van der Waals surface area contributed by atoms with Gasteiger partial charge < -0.3 is 11.1 Å². The number of hydrogen-bond donors (Lipinski definition) is 2. The predicted octanol–water partition coefficient (Wildman–Crippen LogP) is 3.69. The summed E-state index contributed by atoms with van der Waals surface area (Å²) < 4.78 is 0.343. The number of thioether (sulfide) groups is 1. The highest BCUT2D eigenvalue weighted by molar-refractivity contribution is 8.00. The van der Waals surface area contributed by atoms with Gasteiger partial charge in [-0.05, 0) is 37.3 Å². The summed E-state index contributed by atoms with van der Waals surface area (Å²) in [6.07, 6.45) is 10.4. The van der Waals surface area contributed by atoms with Gasteiger partial charge >= 0.3 is 0 Å². The van der Waals surface area contributed by atoms with E-state index in [1.54, 1.807) is 6.33 Å². The Balaban J connectivity index is 1.83. The quantitative estimate of drug-likeness (QED) is 0.843. The Bertz CT molecular complexity index is 623. The fourth-order valence-electron chi connectivity index (χ4n) is 3.11. The second-order valence-electron chi connectivity index (χ2n) is 5.80. The molecule has 1 aromatic carbocycles. The Morgan fingerprint density at radius 2 is 2.05 bits per heavy atom. The van der Waals surface area contributed by atoms with E-state index in [2.05, 4.69) is 21.5 Å². The van der Waals surface area contributed by atoms with Crippen LogP contribution in [-0.4, -0.2) is 27.5 Å². The van der Waals surface area contributed by atoms with Crippen LogP contribution in [0.5, 0.6) is 0 Å². The fourth-order valence-corrected chi connectivity index (χ4v) is 4.02. The molecule has 112 valence electrons. The van der Waals surface area contributed by atoms with Crippen molar-refractivity contribution in [3.05, 3.63) is 24.5 Å². The van der Waals surface area contributed by atoms with Gasteiger partial charge in [0.05, 0.1) is 5.52 Å². The van der Waals surface area contributed by atoms with E-state index >= 15 is 0 Å². The van der Waals surface area contributed by atoms with Crippen molar-refractivity contribution in [2.24, 2.45) is 0 Å². The van der Waals surface area contributed by atoms with Crippen LogP contribution in [0.25, 0.3) is 10.9 Å². The minimum absolute atomic E-state index is 0.343. The first kappa shape index (κ1) is 14.4. The lowest BCUT2D eigenvalue weighted by Gasteiger charge is -2.36. The highest BCUT2D eigenvalue weighted by Crippen LogP contribution is 2.38. The second kappa shape index (κ2) is 6.10. The first-order valence-electron chi connectivity index (χ1n) is 7.52. The number of nitrogens with two attached hydrogens (primary N) is 1. The third kappa shape index (κ3) is 3.07. The molecule has 4 nitrogen and oxygen atoms in total. The second-order valence-corrected chi connectivity index (χ2v) is 7.07. The lowest BCUT2D eigenvalue weighted by molar-refractivity contribution is 0.411. The van der Waals surface area contributed by atoms with E-state index in [-0.39, 0.29) is 0 Å². The molecule has 1 heterocycles. The number of benzene rings is 1. The number of nitrogens with zero attached hydrogens (tertiary/aromatic N) is 2. The van der Waals surface area contributed by atoms with Crippen molar-refractivity contribution in [2.45, 2.75) is 36.9 Å². The monoisotopic (exact) mass is 302 g/mol. The normalized spacial score (nSPS) is 17.8. The van der Waals surface area contributed by atoms with Crippen molar-refractivity contribution in [2.75, 3.05) is 23.9 Å². The molecule has 0 bridgehead atoms. The number of nitrogen functional groups attached to an aromatic ring is 1. The van der Waals surface area contributed by atoms with Crippen LogP contribution in [0.3, 0.4) is 0 Å². The smallest absolute Gasteiger partial charge is 0.137 e. The third-order valence-corrected chi connectivity index (χ3v) is 5.85. The van der Waals surface area contributed by atoms with Crippen LogP contribution in [-0.2, 0) is 0 Å². The van der Waals surface area contributed by atoms with Crippen LogP contribution >= 0.6 is 11.8 Å². The average Bonchev–Trinajstić information content (AvgIpc) is 2.54. The van der Waals surface area contributed by atoms with Crippen LogP contribution < -0.4 is 11.1 Å². The van der Waals surface area contributed by atoms with Gasteiger partial charge in [-0.2, -0.15) is 11.8 Å². The van der Waals surface area contributed by atoms with E-state index in [1.165, 1.54) is 32.1 Å². The van der Waals surface area contributed by atoms with Gasteiger partial charge in [-0.1, -0.05) is 19.3 Å². The minimum Gasteiger partial charge on any atom is -0.399 e. The summed E-state index contributed by atoms with van der Waals surface area (Å²) in [6, 6.07) is 5.77. The first-order chi connectivity index (χ1) is 10.2. The Morgan fingerprint density at radius 3 is 2.81 bits per heavy atom. The molecule has 3 rings (SSSR count). The number of rotatable bonds is 4. The van der Waals surface area contributed by atoms with Crippen molar-refractivity contribution in [3.63, 3.8) is 0 Å². The SMILES string of the molecule is CSC1(CNc2ncnc3ccc(N)cc23)CCCCC1. The largest absolute Gasteiger partial charge is 0.399 e. The zero-order valence-corrected chi connectivity index (χ0v) is 13.2. The molecule has 0 aliphatic heterocycles. The lowest BCUT2D eigenvalue weighted by Crippen LogP contribution is -2.35. The molecule has 0 radical (unpaired) electrons. The Labute approximate surface area is 129 Å². The van der Waals surface area contributed by atoms with Crippen LogP contribution in [0.15, 0.2) is 24.5 Å². The maximum absolute atomic E-state index is 5.90. The predicted molar refractivity (Wildman–Crippen MR) is 91.8 cm³/mol. The van der Waals surface area contributed by atoms with Crippen molar-refractivity contribution in [1.82, 2.24) is 9.97 Å². The van der Waals surface area contributed by atoms with Crippen LogP contribution in [0.4, 0.5) is 11.5 Å². The fraction of sp³-hybridized carbons (Fsp3) is 0.500. The zero-order chi connectivity index (χ0) is 14.7. The van der Waals surface area contributed by atoms with Crippen LogP contribution in [0, 0.1) is 0 Å². The minimum atomic E-state index is 0.343. The molecule has 1 aromatic heterocycles. The Kier molecular flexibility index (Phi) is 4.19. The molecular weight excluding hydrogens is 280 g/mol. The van der Waals surface area contributed by atoms with E-state index in [4.69, 9.17) is 5.73 Å². The van der Waals surface area contributed by atoms with Gasteiger partial charge in [0.2, 0.25) is 0 Å². The summed E-state index contributed by atoms with van der Waals surface area (Å²) in [5.74, 6) is 0.895. The van der Waals surface area contributed by atoms with Crippen LogP contribution in [0.2, 0.25) is 0 Å². The van der Waals surface area contributed by atoms with Crippen molar-refractivity contribution in [3.8, 4) is 0 Å². The van der Waals surface area contributed by atoms with Crippen molar-refractivity contribution < 1.29 is 0 Å². The highest BCUT2D eigenvalue weighted by atomic mass is 32.2. The van der Waals surface area contributed by atoms with Gasteiger partial charge in [0.25, 0.3) is 0 Å². The maximum atomic E-state index is 5.90. The molecule has 0 atom stereocenters. The maximum Gasteiger partial charge on any atom is 0.137 e. The summed E-state index contributed by atoms with van der Waals surface area (Å²) in [7, 11) is 0. The van der Waals surface area contributed by atoms with Crippen molar-refractivity contribution >= 4 is 34.2 Å². The molecular formula is C16H22N4S. The average molecular weight is 302 g/mol. The standard InChI is InChI=1S/C16H22N4S/c1-21-16(7-3-2-4-8-16)10-18-15-13-9-12(17)5-6-14(13)19-11-20-15/h5-6,9,11H,2-4,7-8,10,17H2,1H3,(H,18,19,20). The van der Waals surface area contributed by atoms with E-state index in [0.29, 0.717) is 4.75 Å². The molecule has 2 aromatic rings. The summed E-state index contributed by atoms with van der Waals surface area (Å²) >= 11 is 1.99. The van der Waals surface area contributed by atoms with E-state index in [1.807, 2.05) is 30.0 Å². The van der Waals surface area contributed by atoms with Gasteiger partial charge in [0, 0.05) is 22.4 Å². The molecule has 0 spiro atoms. The van der Waals surface area contributed by atoms with Gasteiger partial charge in [0.1, 0.15) is 12.1 Å². The van der Waals surface area contributed by atoms with Crippen LogP contribution in [0.1, 0.15) is 32.1 Å². The Hall–Kier alpha value is -1.49. The molecule has 0 saturated heterocycles. The molecule has 3 N–H and O–H groups in total. The third-order valence-electron chi connectivity index (χ3n) is 4.44. The Morgan fingerprint density at radius 1 is 1.24 bits per heavy atom. The van der Waals surface area contributed by atoms with E-state index in [9.17, 15) is 0 Å². The molecule has 1 aliphatic rings. The molecule has 0 unspecified atom stereocenters. The lowest BCUT2D eigenvalue weighted by atomic mass is 9.88. The zero-order valence-electron chi connectivity index (χ0n) is 12.4. The summed E-state index contributed by atoms with van der Waals surface area (Å²) in [4.78, 5) is 8.71. The summed E-state index contributed by atoms with van der Waals surface area (Å²) in [5.41, 5.74) is 7.58. The van der Waals surface area contributed by atoms with E-state index in [0.717, 1.165) is 29.0 Å². The summed E-state index contributed by atoms with van der Waals surface area (Å²) in [5, 5.41) is 4.55. The number of nitrogens with one attached hydrogen (secondary N) is 1. The number of hydrogen-bond acceptors (Lipinski definition) is 5. The molecule has 1 saturated carbocycles. The van der Waals surface area contributed by atoms with Gasteiger partial charge in [-0.25, -0.2) is 9.97 Å². The highest BCUT2D eigenvalue weighted by Gasteiger charge is 2.31. The molecule has 21 heavy (non-hydrogen) atoms. The number of aromatic nitrogens is 2. The number of fused-ring (bicyclic) bond motifs is 1. The topological polar surface area (TPSA) is 63.8 Å². The van der Waals surface area contributed by atoms with Gasteiger partial charge in [-0.3, -0.25) is 0 Å². The van der Waals surface area contributed by atoms with Gasteiger partial charge in [-0.15, -0.1) is 0 Å². The van der Waals surface area contributed by atoms with Gasteiger partial charge in [0.15, 0.2) is 0 Å². The summed E-state index contributed by atoms with van der Waals surface area (Å²) in [6.45, 7) is 0.953. The molecule has 0 amide bonds.